The highest BCUT2D eigenvalue weighted by Crippen LogP contribution is 2.35. The Morgan fingerprint density at radius 3 is 2.52 bits per heavy atom. The number of aryl methyl sites for hydroxylation is 1. The molecule has 2 aromatic carbocycles. The number of ether oxygens (including phenoxy) is 1. The molecule has 0 aliphatic carbocycles. The molecule has 0 fully saturated rings. The number of methoxy groups -OCH3 is 1. The Bertz CT molecular complexity index is 1010. The molecule has 0 atom stereocenters. The van der Waals surface area contributed by atoms with E-state index in [-0.39, 0.29) is 12.5 Å². The summed E-state index contributed by atoms with van der Waals surface area (Å²) in [5.74, 6) is 0.175. The van der Waals surface area contributed by atoms with E-state index in [0.29, 0.717) is 12.5 Å². The molecule has 3 N–H and O–H groups in total. The Balaban J connectivity index is 2.21. The first-order valence-corrected chi connectivity index (χ1v) is 9.96. The largest absolute Gasteiger partial charge is 0.468 e. The van der Waals surface area contributed by atoms with Crippen molar-refractivity contribution in [2.45, 2.75) is 33.7 Å². The molecule has 0 aliphatic rings. The van der Waals surface area contributed by atoms with Gasteiger partial charge >= 0.3 is 5.97 Å². The van der Waals surface area contributed by atoms with Crippen LogP contribution in [0.15, 0.2) is 42.5 Å². The number of fused-ring (bicyclic) bond motifs is 1. The third kappa shape index (κ3) is 4.74. The standard InChI is InChI=1S/C24H29N3O2/c1-15(2)11-22-20(13-25)24(17-7-5-16(3)6-8-17)19-12-18(9-10-21(19)27-22)26-14-23(28)29-4/h5-10,12,15,26H,11,13-14,25H2,1-4H3. The summed E-state index contributed by atoms with van der Waals surface area (Å²) in [6.45, 7) is 7.00. The molecule has 0 unspecified atom stereocenters. The first kappa shape index (κ1) is 20.8. The number of pyridine rings is 1. The SMILES string of the molecule is COC(=O)CNc1ccc2nc(CC(C)C)c(CN)c(-c3ccc(C)cc3)c2c1. The van der Waals surface area contributed by atoms with Gasteiger partial charge in [-0.15, -0.1) is 0 Å². The predicted octanol–water partition coefficient (Wildman–Crippen LogP) is 4.45. The van der Waals surface area contributed by atoms with Gasteiger partial charge in [0, 0.05) is 23.3 Å². The summed E-state index contributed by atoms with van der Waals surface area (Å²) in [4.78, 5) is 16.4. The van der Waals surface area contributed by atoms with E-state index in [4.69, 9.17) is 15.5 Å². The number of benzene rings is 2. The number of hydrogen-bond donors (Lipinski definition) is 2. The molecule has 5 heteroatoms. The van der Waals surface area contributed by atoms with Crippen LogP contribution in [0.5, 0.6) is 0 Å². The Kier molecular flexibility index (Phi) is 6.49. The topological polar surface area (TPSA) is 77.2 Å². The van der Waals surface area contributed by atoms with Gasteiger partial charge in [-0.05, 0) is 54.2 Å². The van der Waals surface area contributed by atoms with Gasteiger partial charge in [0.05, 0.1) is 12.6 Å². The molecule has 3 aromatic rings. The number of nitrogens with two attached hydrogens (primary N) is 1. The fourth-order valence-electron chi connectivity index (χ4n) is 3.54. The van der Waals surface area contributed by atoms with Crippen molar-refractivity contribution in [1.82, 2.24) is 4.98 Å². The van der Waals surface area contributed by atoms with E-state index < -0.39 is 0 Å². The summed E-state index contributed by atoms with van der Waals surface area (Å²) in [7, 11) is 1.38. The third-order valence-corrected chi connectivity index (χ3v) is 4.98. The molecule has 5 nitrogen and oxygen atoms in total. The van der Waals surface area contributed by atoms with Crippen molar-refractivity contribution in [3.05, 3.63) is 59.3 Å². The van der Waals surface area contributed by atoms with Gasteiger partial charge in [-0.3, -0.25) is 9.78 Å². The lowest BCUT2D eigenvalue weighted by Crippen LogP contribution is -2.15. The number of esters is 1. The van der Waals surface area contributed by atoms with Crippen molar-refractivity contribution < 1.29 is 9.53 Å². The minimum Gasteiger partial charge on any atom is -0.468 e. The zero-order valence-electron chi connectivity index (χ0n) is 17.6. The highest BCUT2D eigenvalue weighted by molar-refractivity contribution is 5.98. The summed E-state index contributed by atoms with van der Waals surface area (Å²) < 4.78 is 4.72. The van der Waals surface area contributed by atoms with E-state index in [9.17, 15) is 4.79 Å². The van der Waals surface area contributed by atoms with Gasteiger partial charge in [-0.2, -0.15) is 0 Å². The smallest absolute Gasteiger partial charge is 0.325 e. The Labute approximate surface area is 172 Å². The molecular weight excluding hydrogens is 362 g/mol. The van der Waals surface area contributed by atoms with Crippen LogP contribution in [0.3, 0.4) is 0 Å². The highest BCUT2D eigenvalue weighted by Gasteiger charge is 2.17. The van der Waals surface area contributed by atoms with Gasteiger partial charge in [0.15, 0.2) is 0 Å². The molecule has 29 heavy (non-hydrogen) atoms. The summed E-state index contributed by atoms with van der Waals surface area (Å²) in [6.07, 6.45) is 0.879. The molecule has 152 valence electrons. The van der Waals surface area contributed by atoms with E-state index in [0.717, 1.165) is 45.4 Å². The molecule has 0 spiro atoms. The normalized spacial score (nSPS) is 11.1. The van der Waals surface area contributed by atoms with Gasteiger partial charge in [0.2, 0.25) is 0 Å². The van der Waals surface area contributed by atoms with E-state index in [2.05, 4.69) is 50.4 Å². The first-order chi connectivity index (χ1) is 13.9. The lowest BCUT2D eigenvalue weighted by Gasteiger charge is -2.19. The quantitative estimate of drug-likeness (QED) is 0.582. The van der Waals surface area contributed by atoms with Crippen molar-refractivity contribution >= 4 is 22.6 Å². The summed E-state index contributed by atoms with van der Waals surface area (Å²) in [6, 6.07) is 14.5. The molecule has 1 aromatic heterocycles. The maximum Gasteiger partial charge on any atom is 0.325 e. The minimum atomic E-state index is -0.308. The van der Waals surface area contributed by atoms with Crippen molar-refractivity contribution in [2.24, 2.45) is 11.7 Å². The predicted molar refractivity (Wildman–Crippen MR) is 119 cm³/mol. The summed E-state index contributed by atoms with van der Waals surface area (Å²) >= 11 is 0. The van der Waals surface area contributed by atoms with Gasteiger partial charge in [-0.1, -0.05) is 43.7 Å². The van der Waals surface area contributed by atoms with Crippen LogP contribution in [0, 0.1) is 12.8 Å². The molecule has 0 aliphatic heterocycles. The van der Waals surface area contributed by atoms with Crippen molar-refractivity contribution in [3.8, 4) is 11.1 Å². The highest BCUT2D eigenvalue weighted by atomic mass is 16.5. The summed E-state index contributed by atoms with van der Waals surface area (Å²) in [5, 5.41) is 4.15. The van der Waals surface area contributed by atoms with Crippen LogP contribution in [-0.4, -0.2) is 24.6 Å². The average molecular weight is 392 g/mol. The van der Waals surface area contributed by atoms with Crippen LogP contribution in [0.2, 0.25) is 0 Å². The average Bonchev–Trinajstić information content (AvgIpc) is 2.71. The monoisotopic (exact) mass is 391 g/mol. The molecule has 0 bridgehead atoms. The lowest BCUT2D eigenvalue weighted by atomic mass is 9.91. The van der Waals surface area contributed by atoms with Crippen LogP contribution in [0.1, 0.15) is 30.7 Å². The maximum atomic E-state index is 11.5. The number of nitrogens with one attached hydrogen (secondary N) is 1. The Morgan fingerprint density at radius 2 is 1.90 bits per heavy atom. The number of rotatable bonds is 7. The number of nitrogens with zero attached hydrogens (tertiary/aromatic N) is 1. The number of anilines is 1. The van der Waals surface area contributed by atoms with E-state index in [1.54, 1.807) is 0 Å². The number of hydrogen-bond acceptors (Lipinski definition) is 5. The van der Waals surface area contributed by atoms with Crippen LogP contribution >= 0.6 is 0 Å². The second-order valence-corrected chi connectivity index (χ2v) is 7.74. The number of carbonyl (C=O) groups is 1. The van der Waals surface area contributed by atoms with Gasteiger partial charge in [0.1, 0.15) is 6.54 Å². The van der Waals surface area contributed by atoms with Crippen molar-refractivity contribution in [1.29, 1.82) is 0 Å². The molecule has 0 saturated carbocycles. The van der Waals surface area contributed by atoms with Gasteiger partial charge in [-0.25, -0.2) is 0 Å². The zero-order chi connectivity index (χ0) is 21.0. The Morgan fingerprint density at radius 1 is 1.17 bits per heavy atom. The molecule has 3 rings (SSSR count). The minimum absolute atomic E-state index is 0.116. The van der Waals surface area contributed by atoms with E-state index >= 15 is 0 Å². The number of aromatic nitrogens is 1. The second-order valence-electron chi connectivity index (χ2n) is 7.74. The van der Waals surface area contributed by atoms with Crippen LogP contribution in [0.4, 0.5) is 5.69 Å². The molecular formula is C24H29N3O2. The fraction of sp³-hybridized carbons (Fsp3) is 0.333. The van der Waals surface area contributed by atoms with Gasteiger partial charge in [0.25, 0.3) is 0 Å². The number of carbonyl (C=O) groups excluding carboxylic acids is 1. The van der Waals surface area contributed by atoms with Crippen LogP contribution < -0.4 is 11.1 Å². The zero-order valence-corrected chi connectivity index (χ0v) is 17.6. The molecule has 0 amide bonds. The first-order valence-electron chi connectivity index (χ1n) is 9.96. The van der Waals surface area contributed by atoms with Crippen LogP contribution in [-0.2, 0) is 22.5 Å². The molecule has 1 heterocycles. The maximum absolute atomic E-state index is 11.5. The van der Waals surface area contributed by atoms with Crippen molar-refractivity contribution in [3.63, 3.8) is 0 Å². The van der Waals surface area contributed by atoms with E-state index in [1.807, 2.05) is 18.2 Å². The summed E-state index contributed by atoms with van der Waals surface area (Å²) in [5.41, 5.74) is 13.6. The lowest BCUT2D eigenvalue weighted by molar-refractivity contribution is -0.138. The van der Waals surface area contributed by atoms with E-state index in [1.165, 1.54) is 12.7 Å². The molecule has 0 radical (unpaired) electrons. The second kappa shape index (κ2) is 9.05. The van der Waals surface area contributed by atoms with Gasteiger partial charge < -0.3 is 15.8 Å². The Hall–Kier alpha value is -2.92. The third-order valence-electron chi connectivity index (χ3n) is 4.98. The fourth-order valence-corrected chi connectivity index (χ4v) is 3.54. The molecule has 0 saturated heterocycles. The van der Waals surface area contributed by atoms with Crippen LogP contribution in [0.25, 0.3) is 22.0 Å². The van der Waals surface area contributed by atoms with Crippen molar-refractivity contribution in [2.75, 3.05) is 19.0 Å².